The van der Waals surface area contributed by atoms with Crippen LogP contribution in [0, 0.1) is 0 Å². The van der Waals surface area contributed by atoms with Crippen LogP contribution in [0.1, 0.15) is 18.0 Å². The van der Waals surface area contributed by atoms with Crippen LogP contribution in [0.5, 0.6) is 0 Å². The zero-order valence-electron chi connectivity index (χ0n) is 6.00. The van der Waals surface area contributed by atoms with Crippen molar-refractivity contribution in [1.29, 1.82) is 0 Å². The molecule has 11 heavy (non-hydrogen) atoms. The summed E-state index contributed by atoms with van der Waals surface area (Å²) in [6.45, 7) is -0.383. The third kappa shape index (κ3) is 2.91. The van der Waals surface area contributed by atoms with Gasteiger partial charge in [0.15, 0.2) is 0 Å². The molecular formula is C7H11ClFNO. The molecule has 1 aromatic rings. The van der Waals surface area contributed by atoms with Gasteiger partial charge in [0.05, 0.1) is 19.2 Å². The van der Waals surface area contributed by atoms with Crippen LogP contribution in [0.25, 0.3) is 0 Å². The third-order valence-corrected chi connectivity index (χ3v) is 1.39. The number of alkyl halides is 1. The molecule has 0 aromatic carbocycles. The van der Waals surface area contributed by atoms with Gasteiger partial charge < -0.3 is 10.2 Å². The first kappa shape index (κ1) is 10.5. The lowest BCUT2D eigenvalue weighted by molar-refractivity contribution is 0.440. The topological polar surface area (TPSA) is 39.2 Å². The van der Waals surface area contributed by atoms with Crippen LogP contribution in [0.4, 0.5) is 4.39 Å². The Morgan fingerprint density at radius 1 is 1.64 bits per heavy atom. The Bertz CT molecular complexity index is 179. The Balaban J connectivity index is 0.000001000. The first-order valence-electron chi connectivity index (χ1n) is 3.18. The minimum absolute atomic E-state index is 0. The molecule has 0 aliphatic rings. The van der Waals surface area contributed by atoms with Crippen molar-refractivity contribution in [1.82, 2.24) is 0 Å². The fourth-order valence-electron chi connectivity index (χ4n) is 0.770. The lowest BCUT2D eigenvalue weighted by Gasteiger charge is -2.03. The minimum atomic E-state index is -0.383. The van der Waals surface area contributed by atoms with Crippen LogP contribution in [-0.4, -0.2) is 6.67 Å². The molecule has 1 heterocycles. The van der Waals surface area contributed by atoms with E-state index in [1.54, 1.807) is 12.3 Å². The number of rotatable bonds is 3. The quantitative estimate of drug-likeness (QED) is 0.772. The molecule has 0 radical (unpaired) electrons. The summed E-state index contributed by atoms with van der Waals surface area (Å²) in [5, 5.41) is 0. The van der Waals surface area contributed by atoms with Gasteiger partial charge in [0, 0.05) is 11.6 Å². The van der Waals surface area contributed by atoms with Crippen molar-refractivity contribution >= 4 is 12.4 Å². The molecule has 2 N–H and O–H groups in total. The summed E-state index contributed by atoms with van der Waals surface area (Å²) >= 11 is 0. The average Bonchev–Trinajstić information content (AvgIpc) is 2.38. The van der Waals surface area contributed by atoms with Gasteiger partial charge in [-0.1, -0.05) is 0 Å². The molecule has 0 amide bonds. The molecule has 0 spiro atoms. The number of hydrogen-bond acceptors (Lipinski definition) is 2. The fourth-order valence-corrected chi connectivity index (χ4v) is 0.770. The Hall–Kier alpha value is -0.540. The lowest BCUT2D eigenvalue weighted by Crippen LogP contribution is -2.09. The molecule has 4 heteroatoms. The largest absolute Gasteiger partial charge is 0.472 e. The SMILES string of the molecule is Cl.N[C@H](CCF)c1ccoc1. The number of halogens is 2. The zero-order valence-corrected chi connectivity index (χ0v) is 6.81. The smallest absolute Gasteiger partial charge is 0.0950 e. The number of nitrogens with two attached hydrogens (primary N) is 1. The van der Waals surface area contributed by atoms with E-state index in [9.17, 15) is 4.39 Å². The van der Waals surface area contributed by atoms with Crippen LogP contribution in [-0.2, 0) is 0 Å². The molecule has 0 aliphatic heterocycles. The van der Waals surface area contributed by atoms with Crippen LogP contribution in [0.2, 0.25) is 0 Å². The maximum absolute atomic E-state index is 11.7. The molecule has 1 aromatic heterocycles. The van der Waals surface area contributed by atoms with E-state index < -0.39 is 0 Å². The van der Waals surface area contributed by atoms with E-state index in [0.717, 1.165) is 5.56 Å². The van der Waals surface area contributed by atoms with E-state index in [1.165, 1.54) is 6.26 Å². The average molecular weight is 180 g/mol. The predicted molar refractivity (Wildman–Crippen MR) is 43.5 cm³/mol. The molecule has 0 saturated heterocycles. The second kappa shape index (κ2) is 5.16. The van der Waals surface area contributed by atoms with Gasteiger partial charge in [-0.05, 0) is 12.5 Å². The van der Waals surface area contributed by atoms with E-state index in [1.807, 2.05) is 0 Å². The molecule has 1 rings (SSSR count). The van der Waals surface area contributed by atoms with Gasteiger partial charge in [0.25, 0.3) is 0 Å². The molecule has 0 saturated carbocycles. The third-order valence-electron chi connectivity index (χ3n) is 1.39. The van der Waals surface area contributed by atoms with Crippen LogP contribution in [0.3, 0.4) is 0 Å². The maximum atomic E-state index is 11.7. The van der Waals surface area contributed by atoms with Crippen LogP contribution < -0.4 is 5.73 Å². The molecule has 0 unspecified atom stereocenters. The summed E-state index contributed by atoms with van der Waals surface area (Å²) in [6, 6.07) is 1.53. The predicted octanol–water partition coefficient (Wildman–Crippen LogP) is 2.06. The molecule has 0 aliphatic carbocycles. The van der Waals surface area contributed by atoms with Gasteiger partial charge in [-0.2, -0.15) is 0 Å². The summed E-state index contributed by atoms with van der Waals surface area (Å²) in [6.07, 6.45) is 3.44. The van der Waals surface area contributed by atoms with E-state index in [2.05, 4.69) is 0 Å². The van der Waals surface area contributed by atoms with Crippen LogP contribution >= 0.6 is 12.4 Å². The van der Waals surface area contributed by atoms with Crippen LogP contribution in [0.15, 0.2) is 23.0 Å². The number of furan rings is 1. The monoisotopic (exact) mass is 179 g/mol. The maximum Gasteiger partial charge on any atom is 0.0950 e. The second-order valence-electron chi connectivity index (χ2n) is 2.14. The molecule has 0 fully saturated rings. The van der Waals surface area contributed by atoms with Crippen molar-refractivity contribution in [3.63, 3.8) is 0 Å². The van der Waals surface area contributed by atoms with E-state index >= 15 is 0 Å². The highest BCUT2D eigenvalue weighted by Crippen LogP contribution is 2.13. The van der Waals surface area contributed by atoms with Gasteiger partial charge in [0.2, 0.25) is 0 Å². The van der Waals surface area contributed by atoms with Gasteiger partial charge in [-0.25, -0.2) is 0 Å². The first-order chi connectivity index (χ1) is 4.84. The fraction of sp³-hybridized carbons (Fsp3) is 0.429. The lowest BCUT2D eigenvalue weighted by atomic mass is 10.1. The molecule has 1 atom stereocenters. The van der Waals surface area contributed by atoms with Crippen molar-refractivity contribution in [3.05, 3.63) is 24.2 Å². The van der Waals surface area contributed by atoms with E-state index in [0.29, 0.717) is 6.42 Å². The normalized spacial score (nSPS) is 12.2. The molecule has 2 nitrogen and oxygen atoms in total. The summed E-state index contributed by atoms with van der Waals surface area (Å²) in [5.74, 6) is 0. The minimum Gasteiger partial charge on any atom is -0.472 e. The standard InChI is InChI=1S/C7H10FNO.ClH/c8-3-1-7(9)6-2-4-10-5-6;/h2,4-5,7H,1,3,9H2;1H/t7-;/m1./s1. The summed E-state index contributed by atoms with van der Waals surface area (Å²) in [5.41, 5.74) is 6.41. The summed E-state index contributed by atoms with van der Waals surface area (Å²) < 4.78 is 16.5. The molecular weight excluding hydrogens is 169 g/mol. The Morgan fingerprint density at radius 2 is 2.36 bits per heavy atom. The summed E-state index contributed by atoms with van der Waals surface area (Å²) in [7, 11) is 0. The van der Waals surface area contributed by atoms with Crippen molar-refractivity contribution in [3.8, 4) is 0 Å². The highest BCUT2D eigenvalue weighted by Gasteiger charge is 2.05. The van der Waals surface area contributed by atoms with Gasteiger partial charge >= 0.3 is 0 Å². The van der Waals surface area contributed by atoms with Crippen molar-refractivity contribution < 1.29 is 8.81 Å². The first-order valence-corrected chi connectivity index (χ1v) is 3.18. The van der Waals surface area contributed by atoms with E-state index in [-0.39, 0.29) is 25.1 Å². The second-order valence-corrected chi connectivity index (χ2v) is 2.14. The molecule has 0 bridgehead atoms. The Morgan fingerprint density at radius 3 is 2.82 bits per heavy atom. The van der Waals surface area contributed by atoms with Gasteiger partial charge in [0.1, 0.15) is 0 Å². The van der Waals surface area contributed by atoms with Crippen molar-refractivity contribution in [2.45, 2.75) is 12.5 Å². The highest BCUT2D eigenvalue weighted by atomic mass is 35.5. The summed E-state index contributed by atoms with van der Waals surface area (Å²) in [4.78, 5) is 0. The Labute approximate surface area is 71.0 Å². The Kier molecular flexibility index (Phi) is 4.90. The van der Waals surface area contributed by atoms with E-state index in [4.69, 9.17) is 10.2 Å². The van der Waals surface area contributed by atoms with Crippen molar-refractivity contribution in [2.75, 3.05) is 6.67 Å². The van der Waals surface area contributed by atoms with Gasteiger partial charge in [-0.15, -0.1) is 12.4 Å². The van der Waals surface area contributed by atoms with Crippen molar-refractivity contribution in [2.24, 2.45) is 5.73 Å². The number of hydrogen-bond donors (Lipinski definition) is 1. The molecule has 64 valence electrons. The van der Waals surface area contributed by atoms with Gasteiger partial charge in [-0.3, -0.25) is 4.39 Å². The highest BCUT2D eigenvalue weighted by molar-refractivity contribution is 5.85. The zero-order chi connectivity index (χ0) is 7.40.